The van der Waals surface area contributed by atoms with Crippen LogP contribution in [-0.4, -0.2) is 32.6 Å². The molecule has 0 radical (unpaired) electrons. The number of hydrogen-bond donors (Lipinski definition) is 2. The van der Waals surface area contributed by atoms with Crippen molar-refractivity contribution in [1.29, 1.82) is 5.26 Å². The number of anilines is 1. The van der Waals surface area contributed by atoms with E-state index in [0.29, 0.717) is 24.6 Å². The predicted molar refractivity (Wildman–Crippen MR) is 86.8 cm³/mol. The first-order valence-corrected chi connectivity index (χ1v) is 7.11. The largest absolute Gasteiger partial charge is 0.353 e. The number of nitrogens with two attached hydrogens (primary N) is 1. The fourth-order valence-electron chi connectivity index (χ4n) is 2.15. The number of hydrogen-bond acceptors (Lipinski definition) is 6. The lowest BCUT2D eigenvalue weighted by Gasteiger charge is -2.11. The van der Waals surface area contributed by atoms with Crippen molar-refractivity contribution in [2.75, 3.05) is 18.4 Å². The molecule has 0 saturated heterocycles. The fourth-order valence-corrected chi connectivity index (χ4v) is 2.15. The summed E-state index contributed by atoms with van der Waals surface area (Å²) < 4.78 is 1.85. The number of nitrogens with one attached hydrogen (secondary N) is 1. The first kappa shape index (κ1) is 14.7. The second-order valence-corrected chi connectivity index (χ2v) is 4.80. The molecule has 0 aliphatic carbocycles. The maximum Gasteiger partial charge on any atom is 0.223 e. The number of aromatic nitrogens is 4. The molecule has 3 N–H and O–H groups in total. The Labute approximate surface area is 133 Å². The summed E-state index contributed by atoms with van der Waals surface area (Å²) in [6.45, 7) is 1.09. The van der Waals surface area contributed by atoms with Gasteiger partial charge in [-0.15, -0.1) is 0 Å². The van der Waals surface area contributed by atoms with Crippen molar-refractivity contribution in [2.45, 2.75) is 0 Å². The van der Waals surface area contributed by atoms with Gasteiger partial charge < -0.3 is 15.6 Å². The van der Waals surface area contributed by atoms with Crippen LogP contribution in [-0.2, 0) is 0 Å². The van der Waals surface area contributed by atoms with E-state index in [9.17, 15) is 0 Å². The van der Waals surface area contributed by atoms with E-state index in [2.05, 4.69) is 26.3 Å². The molecule has 3 rings (SSSR count). The van der Waals surface area contributed by atoms with Gasteiger partial charge in [-0.05, 0) is 12.1 Å². The van der Waals surface area contributed by atoms with Crippen molar-refractivity contribution < 1.29 is 0 Å². The van der Waals surface area contributed by atoms with E-state index < -0.39 is 0 Å². The van der Waals surface area contributed by atoms with Gasteiger partial charge in [-0.1, -0.05) is 12.1 Å². The topological polar surface area (TPSA) is 105 Å². The lowest BCUT2D eigenvalue weighted by molar-refractivity contribution is 0.970. The number of nitrogens with zero attached hydrogens (tertiary/aromatic N) is 5. The van der Waals surface area contributed by atoms with Crippen molar-refractivity contribution in [3.05, 3.63) is 54.7 Å². The van der Waals surface area contributed by atoms with E-state index in [1.165, 1.54) is 0 Å². The summed E-state index contributed by atoms with van der Waals surface area (Å²) in [6.07, 6.45) is 6.96. The van der Waals surface area contributed by atoms with Crippen molar-refractivity contribution in [3.63, 3.8) is 0 Å². The minimum absolute atomic E-state index is 0.499. The van der Waals surface area contributed by atoms with Crippen LogP contribution in [0, 0.1) is 11.3 Å². The summed E-state index contributed by atoms with van der Waals surface area (Å²) in [7, 11) is 0. The lowest BCUT2D eigenvalue weighted by atomic mass is 10.1. The minimum atomic E-state index is 0.499. The molecule has 23 heavy (non-hydrogen) atoms. The highest BCUT2D eigenvalue weighted by Crippen LogP contribution is 2.25. The molecule has 0 atom stereocenters. The van der Waals surface area contributed by atoms with Gasteiger partial charge in [-0.2, -0.15) is 5.26 Å². The second-order valence-electron chi connectivity index (χ2n) is 4.80. The standard InChI is InChI=1S/C16H15N7/c17-5-6-20-16-21-10-14(23-8-7-19-11-23)15(22-16)13-3-1-12(9-18)2-4-13/h1-4,7-8,10-11H,5-6,17H2,(H,20,21,22). The smallest absolute Gasteiger partial charge is 0.223 e. The fraction of sp³-hybridized carbons (Fsp3) is 0.125. The van der Waals surface area contributed by atoms with Crippen LogP contribution in [0.2, 0.25) is 0 Å². The molecule has 0 aliphatic heterocycles. The van der Waals surface area contributed by atoms with Crippen molar-refractivity contribution >= 4 is 5.95 Å². The average Bonchev–Trinajstić information content (AvgIpc) is 3.14. The highest BCUT2D eigenvalue weighted by Gasteiger charge is 2.11. The normalized spacial score (nSPS) is 10.3. The predicted octanol–water partition coefficient (Wildman–Crippen LogP) is 1.57. The molecule has 3 aromatic rings. The van der Waals surface area contributed by atoms with E-state index in [1.54, 1.807) is 30.9 Å². The van der Waals surface area contributed by atoms with Crippen LogP contribution in [0.3, 0.4) is 0 Å². The van der Waals surface area contributed by atoms with Gasteiger partial charge in [0.25, 0.3) is 0 Å². The molecular weight excluding hydrogens is 290 g/mol. The van der Waals surface area contributed by atoms with Gasteiger partial charge in [0, 0.05) is 31.0 Å². The zero-order valence-corrected chi connectivity index (χ0v) is 12.3. The molecule has 2 heterocycles. The minimum Gasteiger partial charge on any atom is -0.353 e. The van der Waals surface area contributed by atoms with Crippen LogP contribution < -0.4 is 11.1 Å². The summed E-state index contributed by atoms with van der Waals surface area (Å²) in [5.41, 5.74) is 8.57. The number of benzene rings is 1. The number of imidazole rings is 1. The Bertz CT molecular complexity index is 817. The zero-order chi connectivity index (χ0) is 16.1. The Morgan fingerprint density at radius 1 is 1.26 bits per heavy atom. The van der Waals surface area contributed by atoms with Crippen LogP contribution in [0.5, 0.6) is 0 Å². The quantitative estimate of drug-likeness (QED) is 0.741. The van der Waals surface area contributed by atoms with Gasteiger partial charge in [0.05, 0.1) is 35.5 Å². The highest BCUT2D eigenvalue weighted by atomic mass is 15.1. The van der Waals surface area contributed by atoms with Gasteiger partial charge in [0.1, 0.15) is 0 Å². The van der Waals surface area contributed by atoms with Crippen LogP contribution in [0.25, 0.3) is 16.9 Å². The molecule has 7 heteroatoms. The molecule has 0 fully saturated rings. The molecule has 0 bridgehead atoms. The maximum absolute atomic E-state index is 8.94. The Kier molecular flexibility index (Phi) is 4.27. The third-order valence-electron chi connectivity index (χ3n) is 3.27. The van der Waals surface area contributed by atoms with Crippen LogP contribution in [0.15, 0.2) is 49.2 Å². The molecule has 7 nitrogen and oxygen atoms in total. The third-order valence-corrected chi connectivity index (χ3v) is 3.27. The number of rotatable bonds is 5. The van der Waals surface area contributed by atoms with Crippen molar-refractivity contribution in [1.82, 2.24) is 19.5 Å². The zero-order valence-electron chi connectivity index (χ0n) is 12.3. The summed E-state index contributed by atoms with van der Waals surface area (Å²) in [5, 5.41) is 12.0. The molecule has 114 valence electrons. The molecule has 0 spiro atoms. The lowest BCUT2D eigenvalue weighted by Crippen LogP contribution is -2.15. The molecule has 0 saturated carbocycles. The molecule has 1 aromatic carbocycles. The molecular formula is C16H15N7. The Hall–Kier alpha value is -3.24. The van der Waals surface area contributed by atoms with Gasteiger partial charge in [-0.3, -0.25) is 0 Å². The second kappa shape index (κ2) is 6.68. The van der Waals surface area contributed by atoms with Crippen LogP contribution in [0.1, 0.15) is 5.56 Å². The average molecular weight is 305 g/mol. The molecule has 0 aliphatic rings. The summed E-state index contributed by atoms with van der Waals surface area (Å²) >= 11 is 0. The van der Waals surface area contributed by atoms with Gasteiger partial charge in [-0.25, -0.2) is 15.0 Å². The third kappa shape index (κ3) is 3.17. The number of nitriles is 1. The first-order chi connectivity index (χ1) is 11.3. The Morgan fingerprint density at radius 3 is 2.74 bits per heavy atom. The summed E-state index contributed by atoms with van der Waals surface area (Å²) in [4.78, 5) is 13.0. The Morgan fingerprint density at radius 2 is 2.09 bits per heavy atom. The van der Waals surface area contributed by atoms with E-state index in [-0.39, 0.29) is 0 Å². The molecule has 0 amide bonds. The van der Waals surface area contributed by atoms with Crippen molar-refractivity contribution in [3.8, 4) is 23.0 Å². The van der Waals surface area contributed by atoms with Crippen LogP contribution in [0.4, 0.5) is 5.95 Å². The van der Waals surface area contributed by atoms with Gasteiger partial charge in [0.2, 0.25) is 5.95 Å². The maximum atomic E-state index is 8.94. The molecule has 0 unspecified atom stereocenters. The highest BCUT2D eigenvalue weighted by molar-refractivity contribution is 5.70. The van der Waals surface area contributed by atoms with Crippen LogP contribution >= 0.6 is 0 Å². The van der Waals surface area contributed by atoms with E-state index in [4.69, 9.17) is 11.0 Å². The van der Waals surface area contributed by atoms with Gasteiger partial charge in [0.15, 0.2) is 0 Å². The van der Waals surface area contributed by atoms with Crippen molar-refractivity contribution in [2.24, 2.45) is 5.73 Å². The summed E-state index contributed by atoms with van der Waals surface area (Å²) in [5.74, 6) is 0.513. The van der Waals surface area contributed by atoms with E-state index in [0.717, 1.165) is 16.9 Å². The molecule has 2 aromatic heterocycles. The van der Waals surface area contributed by atoms with E-state index in [1.807, 2.05) is 22.9 Å². The summed E-state index contributed by atoms with van der Waals surface area (Å²) in [6, 6.07) is 9.38. The first-order valence-electron chi connectivity index (χ1n) is 7.11. The van der Waals surface area contributed by atoms with Gasteiger partial charge >= 0.3 is 0 Å². The Balaban J connectivity index is 2.08. The van der Waals surface area contributed by atoms with E-state index >= 15 is 0 Å². The SMILES string of the molecule is N#Cc1ccc(-c2nc(NCCN)ncc2-n2ccnc2)cc1. The monoisotopic (exact) mass is 305 g/mol.